The number of benzene rings is 1. The van der Waals surface area contributed by atoms with Crippen LogP contribution in [0.1, 0.15) is 18.4 Å². The summed E-state index contributed by atoms with van der Waals surface area (Å²) in [5.41, 5.74) is 7.98. The molecule has 0 saturated heterocycles. The van der Waals surface area contributed by atoms with Crippen LogP contribution in [0.4, 0.5) is 0 Å². The van der Waals surface area contributed by atoms with Gasteiger partial charge in [0.1, 0.15) is 0 Å². The van der Waals surface area contributed by atoms with Crippen LogP contribution in [0.3, 0.4) is 0 Å². The quantitative estimate of drug-likeness (QED) is 0.715. The Kier molecular flexibility index (Phi) is 2.40. The first kappa shape index (κ1) is 9.07. The molecule has 2 unspecified atom stereocenters. The first-order chi connectivity index (χ1) is 6.77. The average Bonchev–Trinajstić information content (AvgIpc) is 2.19. The highest BCUT2D eigenvalue weighted by molar-refractivity contribution is 5.33. The molecule has 1 aliphatic rings. The Morgan fingerprint density at radius 1 is 1.14 bits per heavy atom. The molecule has 0 fully saturated rings. The molecular formula is C13H15N. The van der Waals surface area contributed by atoms with Crippen LogP contribution in [0.2, 0.25) is 0 Å². The molecule has 1 heteroatoms. The van der Waals surface area contributed by atoms with Gasteiger partial charge in [-0.25, -0.2) is 0 Å². The summed E-state index contributed by atoms with van der Waals surface area (Å²) in [6.45, 7) is 2.20. The molecule has 1 nitrogen and oxygen atoms in total. The molecule has 1 aromatic carbocycles. The minimum absolute atomic E-state index is 0.475. The van der Waals surface area contributed by atoms with E-state index in [0.717, 1.165) is 5.70 Å². The zero-order valence-corrected chi connectivity index (χ0v) is 8.35. The smallest absolute Gasteiger partial charge is 0.0273 e. The Morgan fingerprint density at radius 2 is 1.86 bits per heavy atom. The first-order valence-electron chi connectivity index (χ1n) is 4.98. The number of hydrogen-bond donors (Lipinski definition) is 1. The number of rotatable bonds is 1. The Balaban J connectivity index is 2.26. The molecule has 14 heavy (non-hydrogen) atoms. The molecule has 2 atom stereocenters. The minimum Gasteiger partial charge on any atom is -0.399 e. The number of nitrogens with two attached hydrogens (primary N) is 1. The van der Waals surface area contributed by atoms with Crippen molar-refractivity contribution < 1.29 is 0 Å². The van der Waals surface area contributed by atoms with Crippen molar-refractivity contribution in [1.82, 2.24) is 0 Å². The van der Waals surface area contributed by atoms with Gasteiger partial charge in [-0.05, 0) is 17.6 Å². The van der Waals surface area contributed by atoms with Gasteiger partial charge in [0.05, 0.1) is 0 Å². The van der Waals surface area contributed by atoms with Crippen molar-refractivity contribution in [2.45, 2.75) is 12.8 Å². The average molecular weight is 185 g/mol. The first-order valence-corrected chi connectivity index (χ1v) is 4.98. The van der Waals surface area contributed by atoms with Gasteiger partial charge in [-0.1, -0.05) is 49.4 Å². The van der Waals surface area contributed by atoms with E-state index in [0.29, 0.717) is 11.8 Å². The maximum absolute atomic E-state index is 5.74. The molecule has 0 bridgehead atoms. The van der Waals surface area contributed by atoms with Crippen LogP contribution in [0.25, 0.3) is 0 Å². The molecule has 2 rings (SSSR count). The van der Waals surface area contributed by atoms with Gasteiger partial charge in [0.25, 0.3) is 0 Å². The summed E-state index contributed by atoms with van der Waals surface area (Å²) in [5, 5.41) is 0. The van der Waals surface area contributed by atoms with Crippen LogP contribution in [-0.2, 0) is 0 Å². The maximum Gasteiger partial charge on any atom is 0.0273 e. The standard InChI is InChI=1S/C13H15N/c1-10-9-12(14)7-8-13(10)11-5-3-2-4-6-11/h2-10,13H,14H2,1H3. The molecular weight excluding hydrogens is 170 g/mol. The minimum atomic E-state index is 0.475. The molecule has 0 amide bonds. The van der Waals surface area contributed by atoms with Crippen molar-refractivity contribution in [3.8, 4) is 0 Å². The Hall–Kier alpha value is -1.50. The van der Waals surface area contributed by atoms with E-state index in [-0.39, 0.29) is 0 Å². The lowest BCUT2D eigenvalue weighted by Gasteiger charge is -2.22. The maximum atomic E-state index is 5.74. The third-order valence-electron chi connectivity index (χ3n) is 2.70. The van der Waals surface area contributed by atoms with Crippen molar-refractivity contribution in [3.63, 3.8) is 0 Å². The van der Waals surface area contributed by atoms with Crippen LogP contribution in [0, 0.1) is 5.92 Å². The number of allylic oxidation sites excluding steroid dienone is 3. The molecule has 0 radical (unpaired) electrons. The second-order valence-corrected chi connectivity index (χ2v) is 3.82. The zero-order chi connectivity index (χ0) is 9.97. The van der Waals surface area contributed by atoms with Gasteiger partial charge < -0.3 is 5.73 Å². The van der Waals surface area contributed by atoms with Crippen LogP contribution in [0.15, 0.2) is 54.3 Å². The van der Waals surface area contributed by atoms with Crippen LogP contribution >= 0.6 is 0 Å². The topological polar surface area (TPSA) is 26.0 Å². The fourth-order valence-electron chi connectivity index (χ4n) is 1.94. The normalized spacial score (nSPS) is 25.9. The second-order valence-electron chi connectivity index (χ2n) is 3.82. The summed E-state index contributed by atoms with van der Waals surface area (Å²) in [6.07, 6.45) is 6.31. The van der Waals surface area contributed by atoms with Gasteiger partial charge in [-0.3, -0.25) is 0 Å². The molecule has 0 heterocycles. The summed E-state index contributed by atoms with van der Waals surface area (Å²) in [4.78, 5) is 0. The monoisotopic (exact) mass is 185 g/mol. The van der Waals surface area contributed by atoms with E-state index in [2.05, 4.69) is 43.3 Å². The molecule has 1 aromatic rings. The van der Waals surface area contributed by atoms with E-state index < -0.39 is 0 Å². The van der Waals surface area contributed by atoms with Gasteiger partial charge in [-0.15, -0.1) is 0 Å². The number of hydrogen-bond acceptors (Lipinski definition) is 1. The van der Waals surface area contributed by atoms with E-state index in [1.165, 1.54) is 5.56 Å². The lowest BCUT2D eigenvalue weighted by atomic mass is 9.84. The highest BCUT2D eigenvalue weighted by Crippen LogP contribution is 2.30. The van der Waals surface area contributed by atoms with Crippen molar-refractivity contribution >= 4 is 0 Å². The lowest BCUT2D eigenvalue weighted by molar-refractivity contribution is 0.629. The fraction of sp³-hybridized carbons (Fsp3) is 0.231. The summed E-state index contributed by atoms with van der Waals surface area (Å²) >= 11 is 0. The van der Waals surface area contributed by atoms with E-state index >= 15 is 0 Å². The highest BCUT2D eigenvalue weighted by atomic mass is 14.6. The van der Waals surface area contributed by atoms with Gasteiger partial charge >= 0.3 is 0 Å². The molecule has 2 N–H and O–H groups in total. The molecule has 0 aliphatic heterocycles. The highest BCUT2D eigenvalue weighted by Gasteiger charge is 2.17. The van der Waals surface area contributed by atoms with Crippen molar-refractivity contribution in [1.29, 1.82) is 0 Å². The second kappa shape index (κ2) is 3.70. The van der Waals surface area contributed by atoms with Gasteiger partial charge in [0.2, 0.25) is 0 Å². The molecule has 0 saturated carbocycles. The van der Waals surface area contributed by atoms with Crippen LogP contribution in [0.5, 0.6) is 0 Å². The van der Waals surface area contributed by atoms with E-state index in [1.807, 2.05) is 12.1 Å². The van der Waals surface area contributed by atoms with Crippen LogP contribution in [-0.4, -0.2) is 0 Å². The zero-order valence-electron chi connectivity index (χ0n) is 8.35. The molecule has 0 aromatic heterocycles. The fourth-order valence-corrected chi connectivity index (χ4v) is 1.94. The Labute approximate surface area is 84.9 Å². The van der Waals surface area contributed by atoms with Crippen molar-refractivity contribution in [2.75, 3.05) is 0 Å². The van der Waals surface area contributed by atoms with E-state index in [9.17, 15) is 0 Å². The molecule has 0 spiro atoms. The van der Waals surface area contributed by atoms with Gasteiger partial charge in [0.15, 0.2) is 0 Å². The Bertz CT molecular complexity index is 362. The largest absolute Gasteiger partial charge is 0.399 e. The Morgan fingerprint density at radius 3 is 2.50 bits per heavy atom. The SMILES string of the molecule is CC1C=C(N)C=CC1c1ccccc1. The van der Waals surface area contributed by atoms with E-state index in [1.54, 1.807) is 0 Å². The van der Waals surface area contributed by atoms with Crippen molar-refractivity contribution in [3.05, 3.63) is 59.8 Å². The van der Waals surface area contributed by atoms with Gasteiger partial charge in [-0.2, -0.15) is 0 Å². The molecule has 72 valence electrons. The third kappa shape index (κ3) is 1.72. The molecule has 1 aliphatic carbocycles. The summed E-state index contributed by atoms with van der Waals surface area (Å²) in [5.74, 6) is 0.964. The third-order valence-corrected chi connectivity index (χ3v) is 2.70. The predicted octanol–water partition coefficient (Wildman–Crippen LogP) is 2.82. The van der Waals surface area contributed by atoms with Crippen LogP contribution < -0.4 is 5.73 Å². The summed E-state index contributed by atoms with van der Waals surface area (Å²) in [7, 11) is 0. The predicted molar refractivity (Wildman–Crippen MR) is 59.8 cm³/mol. The van der Waals surface area contributed by atoms with E-state index in [4.69, 9.17) is 5.73 Å². The summed E-state index contributed by atoms with van der Waals surface area (Å²) < 4.78 is 0. The summed E-state index contributed by atoms with van der Waals surface area (Å²) in [6, 6.07) is 10.5. The van der Waals surface area contributed by atoms with Crippen molar-refractivity contribution in [2.24, 2.45) is 11.7 Å². The lowest BCUT2D eigenvalue weighted by Crippen LogP contribution is -2.11. The van der Waals surface area contributed by atoms with Gasteiger partial charge in [0, 0.05) is 11.6 Å².